The van der Waals surface area contributed by atoms with Gasteiger partial charge in [-0.2, -0.15) is 4.99 Å². The first-order valence-corrected chi connectivity index (χ1v) is 9.50. The maximum Gasteiger partial charge on any atom is 0.326 e. The highest BCUT2D eigenvalue weighted by Crippen LogP contribution is 2.23. The van der Waals surface area contributed by atoms with Crippen molar-refractivity contribution in [3.63, 3.8) is 0 Å². The molecule has 3 aromatic rings. The van der Waals surface area contributed by atoms with Gasteiger partial charge in [0.25, 0.3) is 5.91 Å². The zero-order chi connectivity index (χ0) is 19.2. The van der Waals surface area contributed by atoms with Crippen molar-refractivity contribution in [2.45, 2.75) is 20.4 Å². The van der Waals surface area contributed by atoms with E-state index >= 15 is 0 Å². The van der Waals surface area contributed by atoms with Gasteiger partial charge in [0.2, 0.25) is 0 Å². The van der Waals surface area contributed by atoms with E-state index < -0.39 is 0 Å². The Bertz CT molecular complexity index is 1020. The van der Waals surface area contributed by atoms with E-state index in [4.69, 9.17) is 9.47 Å². The molecule has 140 valence electrons. The van der Waals surface area contributed by atoms with Gasteiger partial charge >= 0.3 is 5.97 Å². The maximum absolute atomic E-state index is 12.5. The third-order valence-electron chi connectivity index (χ3n) is 3.78. The Morgan fingerprint density at radius 2 is 1.85 bits per heavy atom. The minimum absolute atomic E-state index is 0.0112. The van der Waals surface area contributed by atoms with Gasteiger partial charge in [-0.15, -0.1) is 0 Å². The second kappa shape index (κ2) is 8.64. The highest BCUT2D eigenvalue weighted by atomic mass is 32.1. The molecule has 0 atom stereocenters. The zero-order valence-electron chi connectivity index (χ0n) is 15.2. The van der Waals surface area contributed by atoms with Gasteiger partial charge in [-0.05, 0) is 44.2 Å². The molecular formula is C20H20N2O4S. The number of carbonyl (C=O) groups is 2. The van der Waals surface area contributed by atoms with Crippen molar-refractivity contribution < 1.29 is 19.1 Å². The van der Waals surface area contributed by atoms with Crippen LogP contribution in [0.25, 0.3) is 10.2 Å². The highest BCUT2D eigenvalue weighted by Gasteiger charge is 2.13. The van der Waals surface area contributed by atoms with Crippen molar-refractivity contribution in [2.24, 2.45) is 4.99 Å². The lowest BCUT2D eigenvalue weighted by atomic mass is 10.2. The SMILES string of the molecule is CCOC(=O)Cn1c(=NC(=O)c2ccccc2)sc2cc(OCC)ccc21. The molecule has 0 spiro atoms. The number of ether oxygens (including phenoxy) is 2. The number of nitrogens with zero attached hydrogens (tertiary/aromatic N) is 2. The first-order valence-electron chi connectivity index (χ1n) is 8.68. The van der Waals surface area contributed by atoms with E-state index in [2.05, 4.69) is 4.99 Å². The molecule has 0 aliphatic rings. The van der Waals surface area contributed by atoms with Gasteiger partial charge in [0, 0.05) is 5.56 Å². The average molecular weight is 384 g/mol. The Labute approximate surface area is 160 Å². The predicted molar refractivity (Wildman–Crippen MR) is 104 cm³/mol. The molecule has 0 unspecified atom stereocenters. The predicted octanol–water partition coefficient (Wildman–Crippen LogP) is 3.41. The molecule has 6 nitrogen and oxygen atoms in total. The monoisotopic (exact) mass is 384 g/mol. The lowest BCUT2D eigenvalue weighted by Crippen LogP contribution is -2.23. The minimum atomic E-state index is -0.375. The largest absolute Gasteiger partial charge is 0.494 e. The van der Waals surface area contributed by atoms with E-state index in [1.54, 1.807) is 35.8 Å². The van der Waals surface area contributed by atoms with Crippen LogP contribution in [0.4, 0.5) is 0 Å². The molecule has 0 fully saturated rings. The summed E-state index contributed by atoms with van der Waals surface area (Å²) in [6, 6.07) is 14.4. The van der Waals surface area contributed by atoms with Crippen molar-refractivity contribution in [1.82, 2.24) is 4.57 Å². The Balaban J connectivity index is 2.09. The van der Waals surface area contributed by atoms with Gasteiger partial charge in [0.1, 0.15) is 12.3 Å². The summed E-state index contributed by atoms with van der Waals surface area (Å²) in [5, 5.41) is 0. The second-order valence-electron chi connectivity index (χ2n) is 5.62. The number of amides is 1. The summed E-state index contributed by atoms with van der Waals surface area (Å²) in [5.41, 5.74) is 1.30. The van der Waals surface area contributed by atoms with E-state index in [0.29, 0.717) is 23.6 Å². The zero-order valence-corrected chi connectivity index (χ0v) is 16.0. The minimum Gasteiger partial charge on any atom is -0.494 e. The highest BCUT2D eigenvalue weighted by molar-refractivity contribution is 7.16. The molecule has 1 aromatic heterocycles. The lowest BCUT2D eigenvalue weighted by Gasteiger charge is -2.06. The Kier molecular flexibility index (Phi) is 6.03. The summed E-state index contributed by atoms with van der Waals surface area (Å²) < 4.78 is 13.2. The molecule has 0 saturated heterocycles. The molecule has 0 aliphatic heterocycles. The van der Waals surface area contributed by atoms with Crippen LogP contribution >= 0.6 is 11.3 Å². The average Bonchev–Trinajstić information content (AvgIpc) is 2.99. The van der Waals surface area contributed by atoms with Crippen molar-refractivity contribution in [2.75, 3.05) is 13.2 Å². The molecule has 0 saturated carbocycles. The van der Waals surface area contributed by atoms with E-state index in [0.717, 1.165) is 16.0 Å². The summed E-state index contributed by atoms with van der Waals surface area (Å²) in [6.45, 7) is 4.52. The van der Waals surface area contributed by atoms with Crippen LogP contribution in [0.3, 0.4) is 0 Å². The maximum atomic E-state index is 12.5. The van der Waals surface area contributed by atoms with Gasteiger partial charge < -0.3 is 14.0 Å². The number of esters is 1. The van der Waals surface area contributed by atoms with Gasteiger partial charge in [-0.3, -0.25) is 9.59 Å². The van der Waals surface area contributed by atoms with Crippen LogP contribution in [-0.2, 0) is 16.1 Å². The second-order valence-corrected chi connectivity index (χ2v) is 6.63. The fourth-order valence-corrected chi connectivity index (χ4v) is 3.67. The number of hydrogen-bond donors (Lipinski definition) is 0. The normalized spacial score (nSPS) is 11.6. The first-order chi connectivity index (χ1) is 13.1. The fraction of sp³-hybridized carbons (Fsp3) is 0.250. The number of thiazole rings is 1. The number of hydrogen-bond acceptors (Lipinski definition) is 5. The van der Waals surface area contributed by atoms with Gasteiger partial charge in [0.05, 0.1) is 23.4 Å². The third-order valence-corrected chi connectivity index (χ3v) is 4.82. The van der Waals surface area contributed by atoms with Crippen molar-refractivity contribution in [1.29, 1.82) is 0 Å². The van der Waals surface area contributed by atoms with Crippen LogP contribution in [0.5, 0.6) is 5.75 Å². The van der Waals surface area contributed by atoms with Crippen molar-refractivity contribution in [3.8, 4) is 5.75 Å². The molecule has 1 heterocycles. The van der Waals surface area contributed by atoms with Crippen LogP contribution < -0.4 is 9.54 Å². The summed E-state index contributed by atoms with van der Waals surface area (Å²) in [7, 11) is 0. The Hall–Kier alpha value is -2.93. The molecule has 0 radical (unpaired) electrons. The Morgan fingerprint density at radius 1 is 1.07 bits per heavy atom. The quantitative estimate of drug-likeness (QED) is 0.611. The van der Waals surface area contributed by atoms with E-state index in [1.165, 1.54) is 11.3 Å². The topological polar surface area (TPSA) is 69.9 Å². The smallest absolute Gasteiger partial charge is 0.326 e. The lowest BCUT2D eigenvalue weighted by molar-refractivity contribution is -0.143. The molecule has 0 aliphatic carbocycles. The molecule has 0 N–H and O–H groups in total. The van der Waals surface area contributed by atoms with E-state index in [9.17, 15) is 9.59 Å². The summed E-state index contributed by atoms with van der Waals surface area (Å²) in [5.74, 6) is -0.0000351. The van der Waals surface area contributed by atoms with Crippen LogP contribution in [0.1, 0.15) is 24.2 Å². The van der Waals surface area contributed by atoms with Crippen LogP contribution in [0.15, 0.2) is 53.5 Å². The Morgan fingerprint density at radius 3 is 2.56 bits per heavy atom. The third kappa shape index (κ3) is 4.43. The molecule has 0 bridgehead atoms. The van der Waals surface area contributed by atoms with Crippen LogP contribution in [0.2, 0.25) is 0 Å². The summed E-state index contributed by atoms with van der Waals surface area (Å²) in [6.07, 6.45) is 0. The van der Waals surface area contributed by atoms with E-state index in [-0.39, 0.29) is 18.4 Å². The summed E-state index contributed by atoms with van der Waals surface area (Å²) >= 11 is 1.33. The van der Waals surface area contributed by atoms with E-state index in [1.807, 2.05) is 31.2 Å². The van der Waals surface area contributed by atoms with Crippen molar-refractivity contribution >= 4 is 33.4 Å². The van der Waals surface area contributed by atoms with Gasteiger partial charge in [-0.1, -0.05) is 29.5 Å². The van der Waals surface area contributed by atoms with Crippen molar-refractivity contribution in [3.05, 3.63) is 58.9 Å². The number of aromatic nitrogens is 1. The van der Waals surface area contributed by atoms with Gasteiger partial charge in [-0.25, -0.2) is 0 Å². The first kappa shape index (κ1) is 18.8. The molecule has 7 heteroatoms. The number of fused-ring (bicyclic) bond motifs is 1. The van der Waals surface area contributed by atoms with Gasteiger partial charge in [0.15, 0.2) is 4.80 Å². The fourth-order valence-electron chi connectivity index (χ4n) is 2.62. The summed E-state index contributed by atoms with van der Waals surface area (Å²) in [4.78, 5) is 29.2. The van der Waals surface area contributed by atoms with Crippen LogP contribution in [-0.4, -0.2) is 29.7 Å². The number of rotatable bonds is 6. The number of benzene rings is 2. The standard InChI is InChI=1S/C20H20N2O4S/c1-3-25-15-10-11-16-17(12-15)27-20(22(16)13-18(23)26-4-2)21-19(24)14-8-6-5-7-9-14/h5-12H,3-4,13H2,1-2H3. The number of carbonyl (C=O) groups excluding carboxylic acids is 2. The molecule has 3 rings (SSSR count). The molecule has 2 aromatic carbocycles. The molecule has 1 amide bonds. The van der Waals surface area contributed by atoms with Crippen LogP contribution in [0, 0.1) is 0 Å². The molecular weight excluding hydrogens is 364 g/mol. The molecule has 27 heavy (non-hydrogen) atoms.